The SMILES string of the molecule is Cn1cc(C(F)(F)F)cc(Nc2nc3ncc(Oc4cnc5[nH]ccc5c4)c(Cl)c3n2C)c1=O. The zero-order chi connectivity index (χ0) is 24.2. The summed E-state index contributed by atoms with van der Waals surface area (Å²) in [7, 11) is 2.82. The van der Waals surface area contributed by atoms with Crippen LogP contribution in [0, 0.1) is 0 Å². The number of H-pyrrole nitrogens is 1. The molecule has 0 unspecified atom stereocenters. The Morgan fingerprint density at radius 2 is 1.97 bits per heavy atom. The van der Waals surface area contributed by atoms with Crippen LogP contribution in [-0.2, 0) is 20.3 Å². The highest BCUT2D eigenvalue weighted by atomic mass is 35.5. The van der Waals surface area contributed by atoms with Gasteiger partial charge in [-0.3, -0.25) is 4.79 Å². The van der Waals surface area contributed by atoms with E-state index in [0.29, 0.717) is 16.9 Å². The van der Waals surface area contributed by atoms with E-state index in [0.717, 1.165) is 22.2 Å². The van der Waals surface area contributed by atoms with Crippen molar-refractivity contribution in [3.8, 4) is 11.5 Å². The fourth-order valence-electron chi connectivity index (χ4n) is 3.47. The molecule has 0 bridgehead atoms. The first kappa shape index (κ1) is 21.8. The highest BCUT2D eigenvalue weighted by Gasteiger charge is 2.32. The van der Waals surface area contributed by atoms with Gasteiger partial charge >= 0.3 is 6.18 Å². The highest BCUT2D eigenvalue weighted by Crippen LogP contribution is 2.36. The molecule has 0 aliphatic carbocycles. The van der Waals surface area contributed by atoms with Gasteiger partial charge in [0.1, 0.15) is 27.6 Å². The predicted molar refractivity (Wildman–Crippen MR) is 120 cm³/mol. The first-order valence-electron chi connectivity index (χ1n) is 9.78. The summed E-state index contributed by atoms with van der Waals surface area (Å²) in [5, 5.41) is 3.69. The molecular formula is C21H15ClF3N7O2. The van der Waals surface area contributed by atoms with Crippen molar-refractivity contribution in [2.24, 2.45) is 14.1 Å². The molecule has 5 heterocycles. The van der Waals surface area contributed by atoms with E-state index in [1.54, 1.807) is 19.3 Å². The Hall–Kier alpha value is -4.06. The van der Waals surface area contributed by atoms with Crippen LogP contribution >= 0.6 is 11.6 Å². The molecule has 0 spiro atoms. The van der Waals surface area contributed by atoms with E-state index in [1.807, 2.05) is 6.07 Å². The van der Waals surface area contributed by atoms with Crippen molar-refractivity contribution < 1.29 is 17.9 Å². The number of rotatable bonds is 4. The van der Waals surface area contributed by atoms with Crippen LogP contribution in [-0.4, -0.2) is 29.1 Å². The number of nitrogens with zero attached hydrogens (tertiary/aromatic N) is 5. The molecule has 0 fully saturated rings. The van der Waals surface area contributed by atoms with Gasteiger partial charge in [0.15, 0.2) is 11.4 Å². The number of aromatic nitrogens is 6. The van der Waals surface area contributed by atoms with E-state index in [9.17, 15) is 18.0 Å². The number of ether oxygens (including phenoxy) is 1. The van der Waals surface area contributed by atoms with Gasteiger partial charge in [0.05, 0.1) is 18.0 Å². The van der Waals surface area contributed by atoms with E-state index in [-0.39, 0.29) is 28.1 Å². The molecule has 5 aromatic heterocycles. The summed E-state index contributed by atoms with van der Waals surface area (Å²) < 4.78 is 47.8. The molecule has 0 atom stereocenters. The molecule has 0 saturated carbocycles. The molecule has 0 radical (unpaired) electrons. The zero-order valence-corrected chi connectivity index (χ0v) is 18.4. The number of anilines is 2. The maximum Gasteiger partial charge on any atom is 0.417 e. The molecule has 5 rings (SSSR count). The van der Waals surface area contributed by atoms with Gasteiger partial charge in [-0.25, -0.2) is 9.97 Å². The van der Waals surface area contributed by atoms with E-state index in [2.05, 4.69) is 25.3 Å². The van der Waals surface area contributed by atoms with E-state index in [1.165, 1.54) is 24.0 Å². The van der Waals surface area contributed by atoms with Crippen molar-refractivity contribution >= 4 is 45.4 Å². The Bertz CT molecular complexity index is 1620. The first-order valence-corrected chi connectivity index (χ1v) is 10.2. The van der Waals surface area contributed by atoms with Crippen LogP contribution in [0.4, 0.5) is 24.8 Å². The monoisotopic (exact) mass is 489 g/mol. The van der Waals surface area contributed by atoms with Crippen LogP contribution in [0.5, 0.6) is 11.5 Å². The molecule has 13 heteroatoms. The molecule has 174 valence electrons. The summed E-state index contributed by atoms with van der Waals surface area (Å²) in [6, 6.07) is 4.35. The van der Waals surface area contributed by atoms with Crippen molar-refractivity contribution in [3.05, 3.63) is 63.9 Å². The average Bonchev–Trinajstić information content (AvgIpc) is 3.37. The lowest BCUT2D eigenvalue weighted by atomic mass is 10.2. The number of alkyl halides is 3. The number of pyridine rings is 3. The van der Waals surface area contributed by atoms with Crippen LogP contribution in [0.2, 0.25) is 5.02 Å². The van der Waals surface area contributed by atoms with Gasteiger partial charge in [-0.1, -0.05) is 11.6 Å². The van der Waals surface area contributed by atoms with E-state index >= 15 is 0 Å². The largest absolute Gasteiger partial charge is 0.452 e. The van der Waals surface area contributed by atoms with Crippen LogP contribution in [0.15, 0.2) is 47.8 Å². The molecule has 9 nitrogen and oxygen atoms in total. The molecule has 2 N–H and O–H groups in total. The lowest BCUT2D eigenvalue weighted by Crippen LogP contribution is -2.23. The molecule has 0 aliphatic rings. The maximum absolute atomic E-state index is 13.2. The molecule has 0 saturated heterocycles. The lowest BCUT2D eigenvalue weighted by molar-refractivity contribution is -0.138. The van der Waals surface area contributed by atoms with Crippen molar-refractivity contribution in [2.75, 3.05) is 5.32 Å². The summed E-state index contributed by atoms with van der Waals surface area (Å²) in [6.07, 6.45) is 0.767. The van der Waals surface area contributed by atoms with E-state index < -0.39 is 17.3 Å². The van der Waals surface area contributed by atoms with Crippen LogP contribution in [0.25, 0.3) is 22.2 Å². The smallest absolute Gasteiger partial charge is 0.417 e. The fraction of sp³-hybridized carbons (Fsp3) is 0.143. The second kappa shape index (κ2) is 7.76. The van der Waals surface area contributed by atoms with Crippen LogP contribution < -0.4 is 15.6 Å². The van der Waals surface area contributed by atoms with Gasteiger partial charge in [-0.2, -0.15) is 18.2 Å². The first-order chi connectivity index (χ1) is 16.1. The minimum atomic E-state index is -4.62. The third-order valence-electron chi connectivity index (χ3n) is 5.17. The number of halogens is 4. The lowest BCUT2D eigenvalue weighted by Gasteiger charge is -2.12. The number of hydrogen-bond acceptors (Lipinski definition) is 6. The van der Waals surface area contributed by atoms with Crippen molar-refractivity contribution in [1.82, 2.24) is 29.1 Å². The molecular weight excluding hydrogens is 475 g/mol. The molecule has 34 heavy (non-hydrogen) atoms. The normalized spacial score (nSPS) is 11.9. The third-order valence-corrected chi connectivity index (χ3v) is 5.53. The van der Waals surface area contributed by atoms with Gasteiger partial charge < -0.3 is 24.2 Å². The molecule has 0 amide bonds. The summed E-state index contributed by atoms with van der Waals surface area (Å²) >= 11 is 6.56. The summed E-state index contributed by atoms with van der Waals surface area (Å²) in [4.78, 5) is 28.1. The van der Waals surface area contributed by atoms with Crippen LogP contribution in [0.3, 0.4) is 0 Å². The highest BCUT2D eigenvalue weighted by molar-refractivity contribution is 6.36. The zero-order valence-electron chi connectivity index (χ0n) is 17.6. The van der Waals surface area contributed by atoms with Gasteiger partial charge in [0.2, 0.25) is 5.95 Å². The standard InChI is InChI=1S/C21H15ClF3N7O2/c1-31-9-11(21(23,24)25)6-13(19(31)33)29-20-30-18-16(32(20)2)15(22)14(8-28-18)34-12-5-10-3-4-26-17(10)27-7-12/h3-9H,1-2H3,(H,26,27)(H,28,29,30). The number of nitrogens with one attached hydrogen (secondary N) is 2. The Kier molecular flexibility index (Phi) is 4.97. The van der Waals surface area contributed by atoms with Crippen LogP contribution in [0.1, 0.15) is 5.56 Å². The topological polar surface area (TPSA) is 103 Å². The Labute approximate surface area is 193 Å². The van der Waals surface area contributed by atoms with Crippen molar-refractivity contribution in [3.63, 3.8) is 0 Å². The number of aromatic amines is 1. The van der Waals surface area contributed by atoms with Gasteiger partial charge in [-0.05, 0) is 18.2 Å². The van der Waals surface area contributed by atoms with Gasteiger partial charge in [0, 0.05) is 31.9 Å². The Morgan fingerprint density at radius 1 is 1.18 bits per heavy atom. The average molecular weight is 490 g/mol. The predicted octanol–water partition coefficient (Wildman–Crippen LogP) is 4.75. The van der Waals surface area contributed by atoms with Gasteiger partial charge in [0.25, 0.3) is 5.56 Å². The molecule has 5 aromatic rings. The fourth-order valence-corrected chi connectivity index (χ4v) is 3.77. The number of imidazole rings is 1. The Morgan fingerprint density at radius 3 is 2.74 bits per heavy atom. The third kappa shape index (κ3) is 3.71. The second-order valence-corrected chi connectivity index (χ2v) is 7.85. The number of fused-ring (bicyclic) bond motifs is 2. The second-order valence-electron chi connectivity index (χ2n) is 7.47. The Balaban J connectivity index is 1.52. The van der Waals surface area contributed by atoms with Gasteiger partial charge in [-0.15, -0.1) is 0 Å². The number of hydrogen-bond donors (Lipinski definition) is 2. The number of aryl methyl sites for hydroxylation is 2. The van der Waals surface area contributed by atoms with E-state index in [4.69, 9.17) is 16.3 Å². The molecule has 0 aliphatic heterocycles. The summed E-state index contributed by atoms with van der Waals surface area (Å²) in [6.45, 7) is 0. The minimum Gasteiger partial charge on any atom is -0.452 e. The maximum atomic E-state index is 13.2. The molecule has 0 aromatic carbocycles. The summed E-state index contributed by atoms with van der Waals surface area (Å²) in [5.74, 6) is 0.742. The quantitative estimate of drug-likeness (QED) is 0.377. The van der Waals surface area contributed by atoms with Crippen molar-refractivity contribution in [1.29, 1.82) is 0 Å². The van der Waals surface area contributed by atoms with Crippen molar-refractivity contribution in [2.45, 2.75) is 6.18 Å². The summed E-state index contributed by atoms with van der Waals surface area (Å²) in [5.41, 5.74) is -0.651. The minimum absolute atomic E-state index is 0.0772.